The Hall–Kier alpha value is -1.72. The number of aromatic nitrogens is 2. The number of ether oxygens (including phenoxy) is 1. The molecule has 3 rings (SSSR count). The summed E-state index contributed by atoms with van der Waals surface area (Å²) in [6, 6.07) is 2.35. The summed E-state index contributed by atoms with van der Waals surface area (Å²) in [6.45, 7) is 6.39. The molecule has 0 aromatic carbocycles. The first kappa shape index (κ1) is 26.9. The van der Waals surface area contributed by atoms with Crippen LogP contribution in [-0.2, 0) is 13.8 Å². The Bertz CT molecular complexity index is 1140. The maximum absolute atomic E-state index is 14.2. The molecule has 34 heavy (non-hydrogen) atoms. The summed E-state index contributed by atoms with van der Waals surface area (Å²) < 4.78 is 38.5. The van der Waals surface area contributed by atoms with Crippen molar-refractivity contribution in [1.82, 2.24) is 9.97 Å². The number of rotatable bonds is 9. The number of pyridine rings is 2. The van der Waals surface area contributed by atoms with Crippen molar-refractivity contribution in [3.05, 3.63) is 40.1 Å². The highest BCUT2D eigenvalue weighted by molar-refractivity contribution is 7.54. The number of fused-ring (bicyclic) bond motifs is 1. The fourth-order valence-corrected chi connectivity index (χ4v) is 5.95. The van der Waals surface area contributed by atoms with Gasteiger partial charge in [0.15, 0.2) is 5.34 Å². The number of hydrogen-bond acceptors (Lipinski definition) is 8. The van der Waals surface area contributed by atoms with Crippen molar-refractivity contribution in [3.63, 3.8) is 0 Å². The van der Waals surface area contributed by atoms with Crippen molar-refractivity contribution in [2.75, 3.05) is 0 Å². The summed E-state index contributed by atoms with van der Waals surface area (Å²) in [5.74, 6) is -0.628. The molecule has 0 spiro atoms. The third kappa shape index (κ3) is 4.83. The SMILES string of the molecule is CCC(C)(C[C@H]1O[C@@H](c2cc3c(F)ccnc3[nH]c2=O)[C@@H](O)C1O)OP(=O)(O)C(O)(CC)CC. The topological polar surface area (TPSA) is 162 Å². The lowest BCUT2D eigenvalue weighted by atomic mass is 9.92. The molecule has 0 amide bonds. The van der Waals surface area contributed by atoms with E-state index in [2.05, 4.69) is 9.97 Å². The average molecular weight is 502 g/mol. The molecule has 0 aliphatic carbocycles. The van der Waals surface area contributed by atoms with E-state index in [-0.39, 0.29) is 42.3 Å². The first-order chi connectivity index (χ1) is 15.8. The number of hydrogen-bond donors (Lipinski definition) is 5. The van der Waals surface area contributed by atoms with Crippen LogP contribution in [0.15, 0.2) is 23.1 Å². The lowest BCUT2D eigenvalue weighted by Gasteiger charge is -2.38. The Balaban J connectivity index is 1.88. The van der Waals surface area contributed by atoms with Crippen LogP contribution < -0.4 is 5.56 Å². The van der Waals surface area contributed by atoms with Gasteiger partial charge < -0.3 is 34.5 Å². The summed E-state index contributed by atoms with van der Waals surface area (Å²) in [5.41, 5.74) is -2.03. The van der Waals surface area contributed by atoms with Crippen molar-refractivity contribution < 1.29 is 38.4 Å². The van der Waals surface area contributed by atoms with E-state index in [0.717, 1.165) is 6.07 Å². The van der Waals surface area contributed by atoms with E-state index in [9.17, 15) is 34.0 Å². The molecule has 0 bridgehead atoms. The molecule has 2 aromatic rings. The van der Waals surface area contributed by atoms with Crippen molar-refractivity contribution in [1.29, 1.82) is 0 Å². The molecule has 0 saturated carbocycles. The second kappa shape index (κ2) is 9.73. The molecule has 1 aliphatic rings. The van der Waals surface area contributed by atoms with Crippen molar-refractivity contribution >= 4 is 18.6 Å². The van der Waals surface area contributed by atoms with Gasteiger partial charge in [0.25, 0.3) is 5.56 Å². The van der Waals surface area contributed by atoms with Crippen LogP contribution in [0.1, 0.15) is 65.0 Å². The average Bonchev–Trinajstić information content (AvgIpc) is 3.05. The van der Waals surface area contributed by atoms with Crippen LogP contribution in [0.2, 0.25) is 0 Å². The Morgan fingerprint density at radius 2 is 1.88 bits per heavy atom. The lowest BCUT2D eigenvalue weighted by molar-refractivity contribution is -0.0544. The summed E-state index contributed by atoms with van der Waals surface area (Å²) in [4.78, 5) is 29.5. The number of nitrogens with zero attached hydrogens (tertiary/aromatic N) is 1. The standard InChI is InChI=1S/C22H32FN2O8P/c1-5-21(4,33-34(30,31)22(29,6-2)7-3)11-15-16(26)17(27)18(32-15)13-10-12-14(23)8-9-24-19(12)25-20(13)28/h8-10,15-18,26-27,29H,5-7,11H2,1-4H3,(H,30,31)(H,24,25,28)/t15-,16?,17+,18+,21?/m1/s1. The van der Waals surface area contributed by atoms with Gasteiger partial charge in [0.2, 0.25) is 0 Å². The molecule has 2 aromatic heterocycles. The van der Waals surface area contributed by atoms with Gasteiger partial charge in [0, 0.05) is 18.2 Å². The minimum atomic E-state index is -4.51. The zero-order chi connectivity index (χ0) is 25.5. The van der Waals surface area contributed by atoms with Gasteiger partial charge in [-0.1, -0.05) is 20.8 Å². The number of aliphatic hydroxyl groups is 3. The Labute approximate surface area is 196 Å². The fraction of sp³-hybridized carbons (Fsp3) is 0.636. The molecule has 6 atom stereocenters. The normalized spacial score (nSPS) is 27.0. The van der Waals surface area contributed by atoms with Gasteiger partial charge in [-0.05, 0) is 38.3 Å². The van der Waals surface area contributed by atoms with Crippen LogP contribution >= 0.6 is 7.60 Å². The molecule has 1 aliphatic heterocycles. The van der Waals surface area contributed by atoms with Gasteiger partial charge in [-0.3, -0.25) is 9.36 Å². The van der Waals surface area contributed by atoms with Gasteiger partial charge >= 0.3 is 7.60 Å². The van der Waals surface area contributed by atoms with Crippen LogP contribution in [-0.4, -0.2) is 59.4 Å². The Morgan fingerprint density at radius 1 is 1.24 bits per heavy atom. The lowest BCUT2D eigenvalue weighted by Crippen LogP contribution is -2.40. The molecule has 3 unspecified atom stereocenters. The largest absolute Gasteiger partial charge is 0.388 e. The van der Waals surface area contributed by atoms with Crippen LogP contribution in [0.3, 0.4) is 0 Å². The van der Waals surface area contributed by atoms with Crippen molar-refractivity contribution in [2.24, 2.45) is 0 Å². The smallest absolute Gasteiger partial charge is 0.359 e. The van der Waals surface area contributed by atoms with Gasteiger partial charge in [0.1, 0.15) is 29.8 Å². The molecule has 1 fully saturated rings. The molecule has 10 nitrogen and oxygen atoms in total. The molecule has 5 N–H and O–H groups in total. The molecule has 0 radical (unpaired) electrons. The highest BCUT2D eigenvalue weighted by Crippen LogP contribution is 2.60. The zero-order valence-corrected chi connectivity index (χ0v) is 20.5. The van der Waals surface area contributed by atoms with Gasteiger partial charge in [-0.25, -0.2) is 9.37 Å². The number of nitrogens with one attached hydrogen (secondary N) is 1. The minimum Gasteiger partial charge on any atom is -0.388 e. The number of H-pyrrole nitrogens is 1. The predicted octanol–water partition coefficient (Wildman–Crippen LogP) is 2.49. The zero-order valence-electron chi connectivity index (χ0n) is 19.6. The predicted molar refractivity (Wildman–Crippen MR) is 122 cm³/mol. The van der Waals surface area contributed by atoms with E-state index < -0.39 is 54.3 Å². The van der Waals surface area contributed by atoms with Gasteiger partial charge in [-0.2, -0.15) is 0 Å². The first-order valence-corrected chi connectivity index (χ1v) is 12.8. The second-order valence-electron chi connectivity index (χ2n) is 8.99. The van der Waals surface area contributed by atoms with E-state index in [1.54, 1.807) is 27.7 Å². The van der Waals surface area contributed by atoms with Crippen LogP contribution in [0.5, 0.6) is 0 Å². The highest BCUT2D eigenvalue weighted by atomic mass is 31.2. The maximum Gasteiger partial charge on any atom is 0.359 e. The summed E-state index contributed by atoms with van der Waals surface area (Å²) in [7, 11) is -4.51. The number of aliphatic hydroxyl groups excluding tert-OH is 2. The molecule has 190 valence electrons. The third-order valence-corrected chi connectivity index (χ3v) is 9.16. The van der Waals surface area contributed by atoms with E-state index >= 15 is 0 Å². The molecule has 1 saturated heterocycles. The van der Waals surface area contributed by atoms with Gasteiger partial charge in [-0.15, -0.1) is 0 Å². The van der Waals surface area contributed by atoms with E-state index in [1.807, 2.05) is 0 Å². The fourth-order valence-electron chi connectivity index (χ4n) is 4.18. The quantitative estimate of drug-likeness (QED) is 0.324. The summed E-state index contributed by atoms with van der Waals surface area (Å²) in [6.07, 6.45) is -4.02. The number of halogens is 1. The Kier molecular flexibility index (Phi) is 7.69. The molecular formula is C22H32FN2O8P. The third-order valence-electron chi connectivity index (χ3n) is 6.78. The van der Waals surface area contributed by atoms with Gasteiger partial charge in [0.05, 0.1) is 17.1 Å². The number of aromatic amines is 1. The van der Waals surface area contributed by atoms with Crippen molar-refractivity contribution in [3.8, 4) is 0 Å². The minimum absolute atomic E-state index is 0.00340. The maximum atomic E-state index is 14.2. The molecule has 12 heteroatoms. The Morgan fingerprint density at radius 3 is 2.47 bits per heavy atom. The van der Waals surface area contributed by atoms with Crippen LogP contribution in [0.4, 0.5) is 4.39 Å². The summed E-state index contributed by atoms with van der Waals surface area (Å²) in [5, 5.41) is 29.9. The van der Waals surface area contributed by atoms with E-state index in [4.69, 9.17) is 9.26 Å². The highest BCUT2D eigenvalue weighted by Gasteiger charge is 2.51. The van der Waals surface area contributed by atoms with Crippen LogP contribution in [0.25, 0.3) is 11.0 Å². The van der Waals surface area contributed by atoms with E-state index in [0.29, 0.717) is 0 Å². The van der Waals surface area contributed by atoms with E-state index in [1.165, 1.54) is 12.3 Å². The first-order valence-electron chi connectivity index (χ1n) is 11.3. The monoisotopic (exact) mass is 502 g/mol. The van der Waals surface area contributed by atoms with Crippen molar-refractivity contribution in [2.45, 2.75) is 88.7 Å². The molecule has 3 heterocycles. The van der Waals surface area contributed by atoms with Crippen LogP contribution in [0, 0.1) is 5.82 Å². The molecular weight excluding hydrogens is 470 g/mol. The summed E-state index contributed by atoms with van der Waals surface area (Å²) >= 11 is 0. The second-order valence-corrected chi connectivity index (χ2v) is 11.0.